The Morgan fingerprint density at radius 3 is 2.52 bits per heavy atom. The van der Waals surface area contributed by atoms with Crippen LogP contribution in [0, 0.1) is 6.92 Å². The predicted molar refractivity (Wildman–Crippen MR) is 124 cm³/mol. The molecule has 3 amide bonds. The molecule has 0 aromatic heterocycles. The summed E-state index contributed by atoms with van der Waals surface area (Å²) in [5.74, 6) is -0.338. The summed E-state index contributed by atoms with van der Waals surface area (Å²) in [6.45, 7) is 5.17. The Morgan fingerprint density at radius 2 is 1.84 bits per heavy atom. The van der Waals surface area contributed by atoms with Gasteiger partial charge in [-0.1, -0.05) is 30.7 Å². The lowest BCUT2D eigenvalue weighted by molar-refractivity contribution is -0.120. The molecule has 0 aliphatic carbocycles. The van der Waals surface area contributed by atoms with Gasteiger partial charge in [0.15, 0.2) is 0 Å². The van der Waals surface area contributed by atoms with Crippen molar-refractivity contribution >= 4 is 46.4 Å². The van der Waals surface area contributed by atoms with Gasteiger partial charge in [-0.2, -0.15) is 0 Å². The number of carbonyl (C=O) groups excluding carboxylic acids is 3. The van der Waals surface area contributed by atoms with E-state index in [0.717, 1.165) is 17.7 Å². The molecular formula is C23H27ClN4O3. The molecule has 164 valence electrons. The third kappa shape index (κ3) is 6.29. The Hall–Kier alpha value is -2.90. The quantitative estimate of drug-likeness (QED) is 0.653. The number of aryl methyl sites for hydroxylation is 1. The highest BCUT2D eigenvalue weighted by atomic mass is 35.5. The number of likely N-dealkylation sites (N-methyl/N-ethyl adjacent to an activating group) is 1. The highest BCUT2D eigenvalue weighted by Crippen LogP contribution is 2.24. The van der Waals surface area contributed by atoms with Gasteiger partial charge in [0.2, 0.25) is 17.7 Å². The summed E-state index contributed by atoms with van der Waals surface area (Å²) >= 11 is 6.00. The van der Waals surface area contributed by atoms with Crippen molar-refractivity contribution in [2.24, 2.45) is 0 Å². The molecule has 0 radical (unpaired) electrons. The van der Waals surface area contributed by atoms with E-state index >= 15 is 0 Å². The molecule has 8 heteroatoms. The van der Waals surface area contributed by atoms with Gasteiger partial charge in [-0.05, 0) is 55.8 Å². The minimum absolute atomic E-state index is 0.0747. The van der Waals surface area contributed by atoms with Crippen molar-refractivity contribution in [1.29, 1.82) is 0 Å². The molecule has 1 fully saturated rings. The Balaban J connectivity index is 1.55. The molecule has 2 aromatic rings. The number of nitrogens with zero attached hydrogens (tertiary/aromatic N) is 2. The first-order valence-corrected chi connectivity index (χ1v) is 10.7. The zero-order valence-corrected chi connectivity index (χ0v) is 18.5. The van der Waals surface area contributed by atoms with Crippen LogP contribution in [-0.4, -0.2) is 48.8 Å². The molecule has 1 aliphatic rings. The van der Waals surface area contributed by atoms with Gasteiger partial charge in [-0.3, -0.25) is 19.3 Å². The summed E-state index contributed by atoms with van der Waals surface area (Å²) in [6, 6.07) is 12.6. The number of hydrogen-bond acceptors (Lipinski definition) is 4. The van der Waals surface area contributed by atoms with E-state index in [-0.39, 0.29) is 30.8 Å². The number of rotatable bonds is 8. The summed E-state index contributed by atoms with van der Waals surface area (Å²) in [6.07, 6.45) is 1.40. The molecule has 1 aliphatic heterocycles. The summed E-state index contributed by atoms with van der Waals surface area (Å²) in [5, 5.41) is 6.25. The summed E-state index contributed by atoms with van der Waals surface area (Å²) in [4.78, 5) is 40.4. The normalized spacial score (nSPS) is 13.5. The molecule has 0 atom stereocenters. The maximum absolute atomic E-state index is 12.5. The molecule has 2 N–H and O–H groups in total. The van der Waals surface area contributed by atoms with Crippen LogP contribution in [0.25, 0.3) is 0 Å². The highest BCUT2D eigenvalue weighted by molar-refractivity contribution is 6.31. The first kappa shape index (κ1) is 22.8. The molecular weight excluding hydrogens is 416 g/mol. The van der Waals surface area contributed by atoms with Gasteiger partial charge in [-0.25, -0.2) is 0 Å². The lowest BCUT2D eigenvalue weighted by Gasteiger charge is -2.20. The second kappa shape index (κ2) is 10.4. The second-order valence-electron chi connectivity index (χ2n) is 7.56. The molecule has 2 aromatic carbocycles. The first-order valence-electron chi connectivity index (χ1n) is 10.3. The number of halogens is 1. The molecule has 0 spiro atoms. The second-order valence-corrected chi connectivity index (χ2v) is 7.99. The average molecular weight is 443 g/mol. The van der Waals surface area contributed by atoms with E-state index in [4.69, 9.17) is 11.6 Å². The number of amides is 3. The molecule has 3 rings (SSSR count). The van der Waals surface area contributed by atoms with E-state index in [0.29, 0.717) is 35.9 Å². The van der Waals surface area contributed by atoms with Gasteiger partial charge in [0.1, 0.15) is 0 Å². The lowest BCUT2D eigenvalue weighted by atomic mass is 10.2. The molecule has 0 saturated carbocycles. The van der Waals surface area contributed by atoms with Crippen LogP contribution < -0.4 is 15.5 Å². The van der Waals surface area contributed by atoms with Crippen LogP contribution in [0.1, 0.15) is 25.3 Å². The third-order valence-electron chi connectivity index (χ3n) is 5.17. The van der Waals surface area contributed by atoms with E-state index in [2.05, 4.69) is 10.6 Å². The Morgan fingerprint density at radius 1 is 1.10 bits per heavy atom. The van der Waals surface area contributed by atoms with Gasteiger partial charge < -0.3 is 15.5 Å². The van der Waals surface area contributed by atoms with Gasteiger partial charge in [0, 0.05) is 35.1 Å². The molecule has 1 heterocycles. The fourth-order valence-corrected chi connectivity index (χ4v) is 3.65. The van der Waals surface area contributed by atoms with Crippen molar-refractivity contribution in [2.45, 2.75) is 26.7 Å². The SMILES string of the molecule is CCN(CC(=O)Nc1cccc(N2CCCC2=O)c1)CC(=O)Nc1cc(Cl)ccc1C. The van der Waals surface area contributed by atoms with Crippen molar-refractivity contribution in [1.82, 2.24) is 4.90 Å². The van der Waals surface area contributed by atoms with Crippen molar-refractivity contribution in [2.75, 3.05) is 41.7 Å². The van der Waals surface area contributed by atoms with E-state index in [1.54, 1.807) is 34.1 Å². The molecule has 7 nitrogen and oxygen atoms in total. The number of nitrogens with one attached hydrogen (secondary N) is 2. The van der Waals surface area contributed by atoms with Crippen LogP contribution in [0.2, 0.25) is 5.02 Å². The molecule has 31 heavy (non-hydrogen) atoms. The summed E-state index contributed by atoms with van der Waals surface area (Å²) < 4.78 is 0. The van der Waals surface area contributed by atoms with Crippen LogP contribution in [0.3, 0.4) is 0 Å². The van der Waals surface area contributed by atoms with Crippen LogP contribution in [0.4, 0.5) is 17.1 Å². The zero-order valence-electron chi connectivity index (χ0n) is 17.8. The Kier molecular flexibility index (Phi) is 7.65. The lowest BCUT2D eigenvalue weighted by Crippen LogP contribution is -2.38. The largest absolute Gasteiger partial charge is 0.325 e. The van der Waals surface area contributed by atoms with Gasteiger partial charge in [-0.15, -0.1) is 0 Å². The summed E-state index contributed by atoms with van der Waals surface area (Å²) in [5.41, 5.74) is 2.97. The number of benzene rings is 2. The van der Waals surface area contributed by atoms with Crippen molar-refractivity contribution in [3.8, 4) is 0 Å². The number of hydrogen-bond donors (Lipinski definition) is 2. The maximum atomic E-state index is 12.5. The van der Waals surface area contributed by atoms with Crippen LogP contribution in [0.15, 0.2) is 42.5 Å². The number of carbonyl (C=O) groups is 3. The third-order valence-corrected chi connectivity index (χ3v) is 5.41. The average Bonchev–Trinajstić information content (AvgIpc) is 3.16. The first-order chi connectivity index (χ1) is 14.9. The minimum Gasteiger partial charge on any atom is -0.325 e. The van der Waals surface area contributed by atoms with Crippen molar-refractivity contribution in [3.05, 3.63) is 53.1 Å². The monoisotopic (exact) mass is 442 g/mol. The molecule has 0 unspecified atom stereocenters. The topological polar surface area (TPSA) is 81.8 Å². The van der Waals surface area contributed by atoms with Gasteiger partial charge >= 0.3 is 0 Å². The van der Waals surface area contributed by atoms with E-state index in [9.17, 15) is 14.4 Å². The fourth-order valence-electron chi connectivity index (χ4n) is 3.48. The fraction of sp³-hybridized carbons (Fsp3) is 0.348. The van der Waals surface area contributed by atoms with E-state index in [1.807, 2.05) is 32.0 Å². The summed E-state index contributed by atoms with van der Waals surface area (Å²) in [7, 11) is 0. The zero-order chi connectivity index (χ0) is 22.4. The van der Waals surface area contributed by atoms with Gasteiger partial charge in [0.05, 0.1) is 13.1 Å². The predicted octanol–water partition coefficient (Wildman–Crippen LogP) is 3.67. The smallest absolute Gasteiger partial charge is 0.238 e. The van der Waals surface area contributed by atoms with E-state index < -0.39 is 0 Å². The van der Waals surface area contributed by atoms with Crippen LogP contribution in [-0.2, 0) is 14.4 Å². The number of anilines is 3. The Bertz CT molecular complexity index is 979. The van der Waals surface area contributed by atoms with Gasteiger partial charge in [0.25, 0.3) is 0 Å². The van der Waals surface area contributed by atoms with Crippen molar-refractivity contribution in [3.63, 3.8) is 0 Å². The molecule has 1 saturated heterocycles. The van der Waals surface area contributed by atoms with E-state index in [1.165, 1.54) is 0 Å². The Labute approximate surface area is 187 Å². The minimum atomic E-state index is -0.224. The maximum Gasteiger partial charge on any atom is 0.238 e. The van der Waals surface area contributed by atoms with Crippen molar-refractivity contribution < 1.29 is 14.4 Å². The molecule has 0 bridgehead atoms. The standard InChI is InChI=1S/C23H27ClN4O3/c1-3-27(15-22(30)26-20-12-17(24)10-9-16(20)2)14-21(29)25-18-6-4-7-19(13-18)28-11-5-8-23(28)31/h4,6-7,9-10,12-13H,3,5,8,11,14-15H2,1-2H3,(H,25,29)(H,26,30). The highest BCUT2D eigenvalue weighted by Gasteiger charge is 2.22. The van der Waals surface area contributed by atoms with Crippen LogP contribution >= 0.6 is 11.6 Å². The van der Waals surface area contributed by atoms with Crippen LogP contribution in [0.5, 0.6) is 0 Å².